The Morgan fingerprint density at radius 3 is 2.90 bits per heavy atom. The number of benzene rings is 1. The van der Waals surface area contributed by atoms with E-state index in [2.05, 4.69) is 34.2 Å². The van der Waals surface area contributed by atoms with Crippen LogP contribution in [0.15, 0.2) is 28.8 Å². The smallest absolute Gasteiger partial charge is 0.237 e. The highest BCUT2D eigenvalue weighted by molar-refractivity contribution is 5.81. The maximum absolute atomic E-state index is 13.5. The quantitative estimate of drug-likeness (QED) is 0.765. The number of likely N-dealkylation sites (tertiary alicyclic amines) is 1. The van der Waals surface area contributed by atoms with Crippen LogP contribution in [0.4, 0.5) is 4.39 Å². The first-order valence-electron chi connectivity index (χ1n) is 11.6. The molecule has 7 heteroatoms. The lowest BCUT2D eigenvalue weighted by Gasteiger charge is -2.38. The van der Waals surface area contributed by atoms with Crippen LogP contribution in [0.3, 0.4) is 0 Å². The van der Waals surface area contributed by atoms with Gasteiger partial charge in [0.15, 0.2) is 0 Å². The third-order valence-electron chi connectivity index (χ3n) is 7.29. The minimum atomic E-state index is -0.325. The second-order valence-electron chi connectivity index (χ2n) is 9.36. The van der Waals surface area contributed by atoms with Crippen molar-refractivity contribution in [3.63, 3.8) is 0 Å². The molecule has 2 aliphatic rings. The normalized spacial score (nSPS) is 28.3. The van der Waals surface area contributed by atoms with E-state index in [1.54, 1.807) is 12.1 Å². The molecule has 1 aromatic carbocycles. The van der Waals surface area contributed by atoms with Gasteiger partial charge >= 0.3 is 0 Å². The Bertz CT molecular complexity index is 901. The van der Waals surface area contributed by atoms with Crippen molar-refractivity contribution in [3.05, 3.63) is 36.0 Å². The summed E-state index contributed by atoms with van der Waals surface area (Å²) in [5.74, 6) is 1.99. The molecule has 5 atom stereocenters. The lowest BCUT2D eigenvalue weighted by Crippen LogP contribution is -2.53. The molecule has 1 saturated carbocycles. The molecular formula is C24H33FN4O2. The second-order valence-corrected chi connectivity index (χ2v) is 9.36. The van der Waals surface area contributed by atoms with Crippen LogP contribution in [-0.4, -0.2) is 46.1 Å². The van der Waals surface area contributed by atoms with Gasteiger partial charge in [-0.25, -0.2) is 4.39 Å². The van der Waals surface area contributed by atoms with Gasteiger partial charge in [-0.15, -0.1) is 0 Å². The molecule has 5 unspecified atom stereocenters. The Morgan fingerprint density at radius 1 is 1.26 bits per heavy atom. The number of piperidine rings is 1. The number of aromatic nitrogens is 2. The Morgan fingerprint density at radius 2 is 2.10 bits per heavy atom. The maximum Gasteiger partial charge on any atom is 0.237 e. The molecule has 1 saturated heterocycles. The summed E-state index contributed by atoms with van der Waals surface area (Å²) in [7, 11) is 0. The summed E-state index contributed by atoms with van der Waals surface area (Å²) in [4.78, 5) is 19.7. The van der Waals surface area contributed by atoms with Gasteiger partial charge in [-0.05, 0) is 56.7 Å². The van der Waals surface area contributed by atoms with Crippen LogP contribution in [0.25, 0.3) is 11.4 Å². The highest BCUT2D eigenvalue weighted by Gasteiger charge is 2.34. The molecular weight excluding hydrogens is 395 g/mol. The van der Waals surface area contributed by atoms with Gasteiger partial charge in [-0.1, -0.05) is 44.0 Å². The zero-order valence-electron chi connectivity index (χ0n) is 18.7. The molecule has 4 rings (SSSR count). The molecule has 1 aliphatic heterocycles. The van der Waals surface area contributed by atoms with Crippen LogP contribution in [0, 0.1) is 17.7 Å². The van der Waals surface area contributed by atoms with Crippen molar-refractivity contribution in [3.8, 4) is 11.4 Å². The number of hydrogen-bond donors (Lipinski definition) is 1. The summed E-state index contributed by atoms with van der Waals surface area (Å²) in [6.45, 7) is 8.11. The standard InChI is InChI=1S/C24H33FN4O2/c1-15-7-4-11-21(16(15)2)26-23(30)17(3)29-12-6-9-19(14-29)24-27-22(28-31-24)18-8-5-10-20(25)13-18/h5,8,10,13,15-17,19,21H,4,6-7,9,11-12,14H2,1-3H3,(H,26,30). The first kappa shape index (κ1) is 21.9. The van der Waals surface area contributed by atoms with Gasteiger partial charge in [0.05, 0.1) is 12.0 Å². The summed E-state index contributed by atoms with van der Waals surface area (Å²) in [6.07, 6.45) is 5.40. The van der Waals surface area contributed by atoms with Crippen LogP contribution >= 0.6 is 0 Å². The van der Waals surface area contributed by atoms with Gasteiger partial charge in [0.1, 0.15) is 5.82 Å². The summed E-state index contributed by atoms with van der Waals surface area (Å²) >= 11 is 0. The largest absolute Gasteiger partial charge is 0.352 e. The number of amides is 1. The van der Waals surface area contributed by atoms with E-state index in [0.29, 0.717) is 35.7 Å². The molecule has 1 amide bonds. The third-order valence-corrected chi connectivity index (χ3v) is 7.29. The van der Waals surface area contributed by atoms with E-state index in [9.17, 15) is 9.18 Å². The van der Waals surface area contributed by atoms with E-state index in [0.717, 1.165) is 25.8 Å². The van der Waals surface area contributed by atoms with Gasteiger partial charge in [0, 0.05) is 18.2 Å². The van der Waals surface area contributed by atoms with Crippen molar-refractivity contribution in [2.75, 3.05) is 13.1 Å². The molecule has 6 nitrogen and oxygen atoms in total. The maximum atomic E-state index is 13.5. The molecule has 0 spiro atoms. The zero-order valence-corrected chi connectivity index (χ0v) is 18.7. The molecule has 2 aromatic rings. The average Bonchev–Trinajstić information content (AvgIpc) is 3.27. The minimum absolute atomic E-state index is 0.0763. The molecule has 1 N–H and O–H groups in total. The van der Waals surface area contributed by atoms with Gasteiger partial charge in [-0.3, -0.25) is 9.69 Å². The number of nitrogens with zero attached hydrogens (tertiary/aromatic N) is 3. The van der Waals surface area contributed by atoms with Crippen molar-refractivity contribution >= 4 is 5.91 Å². The Hall–Kier alpha value is -2.28. The molecule has 0 bridgehead atoms. The third kappa shape index (κ3) is 4.97. The molecule has 168 valence electrons. The van der Waals surface area contributed by atoms with E-state index < -0.39 is 0 Å². The van der Waals surface area contributed by atoms with E-state index >= 15 is 0 Å². The summed E-state index contributed by atoms with van der Waals surface area (Å²) in [6, 6.07) is 6.27. The molecule has 31 heavy (non-hydrogen) atoms. The fraction of sp³-hybridized carbons (Fsp3) is 0.625. The minimum Gasteiger partial charge on any atom is -0.352 e. The predicted octanol–water partition coefficient (Wildman–Crippen LogP) is 4.38. The van der Waals surface area contributed by atoms with Gasteiger partial charge in [0.25, 0.3) is 0 Å². The first-order valence-corrected chi connectivity index (χ1v) is 11.6. The Kier molecular flexibility index (Phi) is 6.70. The van der Waals surface area contributed by atoms with E-state index in [1.807, 2.05) is 6.92 Å². The van der Waals surface area contributed by atoms with Crippen LogP contribution in [0.5, 0.6) is 0 Å². The van der Waals surface area contributed by atoms with Crippen LogP contribution in [-0.2, 0) is 4.79 Å². The molecule has 1 aliphatic carbocycles. The summed E-state index contributed by atoms with van der Waals surface area (Å²) in [5.41, 5.74) is 0.603. The monoisotopic (exact) mass is 428 g/mol. The number of carbonyl (C=O) groups excluding carboxylic acids is 1. The Balaban J connectivity index is 1.38. The van der Waals surface area contributed by atoms with Gasteiger partial charge in [0.2, 0.25) is 17.6 Å². The van der Waals surface area contributed by atoms with Crippen LogP contribution in [0.2, 0.25) is 0 Å². The van der Waals surface area contributed by atoms with E-state index in [4.69, 9.17) is 4.52 Å². The number of hydrogen-bond acceptors (Lipinski definition) is 5. The second kappa shape index (κ2) is 9.47. The fourth-order valence-electron chi connectivity index (χ4n) is 4.96. The lowest BCUT2D eigenvalue weighted by atomic mass is 9.78. The number of carbonyl (C=O) groups is 1. The first-order chi connectivity index (χ1) is 14.9. The van der Waals surface area contributed by atoms with Crippen molar-refractivity contribution < 1.29 is 13.7 Å². The fourth-order valence-corrected chi connectivity index (χ4v) is 4.96. The van der Waals surface area contributed by atoms with Gasteiger partial charge < -0.3 is 9.84 Å². The lowest BCUT2D eigenvalue weighted by molar-refractivity contribution is -0.127. The SMILES string of the molecule is CC1CCCC(NC(=O)C(C)N2CCCC(c3nc(-c4cccc(F)c4)no3)C2)C1C. The van der Waals surface area contributed by atoms with Crippen molar-refractivity contribution in [2.45, 2.75) is 70.9 Å². The van der Waals surface area contributed by atoms with Crippen LogP contribution in [0.1, 0.15) is 64.7 Å². The average molecular weight is 429 g/mol. The Labute approximate surface area is 183 Å². The van der Waals surface area contributed by atoms with Crippen molar-refractivity contribution in [2.24, 2.45) is 11.8 Å². The van der Waals surface area contributed by atoms with Crippen molar-refractivity contribution in [1.82, 2.24) is 20.4 Å². The highest BCUT2D eigenvalue weighted by atomic mass is 19.1. The number of halogens is 1. The van der Waals surface area contributed by atoms with Crippen molar-refractivity contribution in [1.29, 1.82) is 0 Å². The topological polar surface area (TPSA) is 71.3 Å². The predicted molar refractivity (Wildman–Crippen MR) is 117 cm³/mol. The molecule has 1 aromatic heterocycles. The summed E-state index contributed by atoms with van der Waals surface area (Å²) in [5, 5.41) is 7.36. The number of nitrogens with one attached hydrogen (secondary N) is 1. The zero-order chi connectivity index (χ0) is 22.0. The van der Waals surface area contributed by atoms with Crippen LogP contribution < -0.4 is 5.32 Å². The van der Waals surface area contributed by atoms with Gasteiger partial charge in [-0.2, -0.15) is 4.98 Å². The molecule has 2 heterocycles. The summed E-state index contributed by atoms with van der Waals surface area (Å²) < 4.78 is 19.0. The molecule has 2 fully saturated rings. The van der Waals surface area contributed by atoms with E-state index in [1.165, 1.54) is 25.0 Å². The van der Waals surface area contributed by atoms with E-state index in [-0.39, 0.29) is 29.7 Å². The molecule has 0 radical (unpaired) electrons. The highest BCUT2D eigenvalue weighted by Crippen LogP contribution is 2.31. The number of rotatable bonds is 5.